The Balaban J connectivity index is 2.90. The predicted octanol–water partition coefficient (Wildman–Crippen LogP) is -0.846. The summed E-state index contributed by atoms with van der Waals surface area (Å²) in [6.45, 7) is 4.42. The molecule has 4 atom stereocenters. The van der Waals surface area contributed by atoms with Crippen LogP contribution in [0.1, 0.15) is 32.8 Å². The van der Waals surface area contributed by atoms with Gasteiger partial charge < -0.3 is 31.9 Å². The lowest BCUT2D eigenvalue weighted by molar-refractivity contribution is -0.142. The molecule has 0 spiro atoms. The van der Waals surface area contributed by atoms with Crippen molar-refractivity contribution in [3.63, 3.8) is 0 Å². The first-order valence-corrected chi connectivity index (χ1v) is 10.1. The average Bonchev–Trinajstić information content (AvgIpc) is 2.70. The summed E-state index contributed by atoms with van der Waals surface area (Å²) < 4.78 is 0. The summed E-state index contributed by atoms with van der Waals surface area (Å²) in [5, 5.41) is 26.2. The van der Waals surface area contributed by atoms with Crippen LogP contribution in [0.15, 0.2) is 30.3 Å². The Morgan fingerprint density at radius 3 is 1.87 bits per heavy atom. The summed E-state index contributed by atoms with van der Waals surface area (Å²) >= 11 is 0. The molecule has 172 valence electrons. The molecule has 0 fully saturated rings. The molecule has 10 nitrogen and oxygen atoms in total. The van der Waals surface area contributed by atoms with E-state index in [4.69, 9.17) is 5.73 Å². The number of hydrogen-bond acceptors (Lipinski definition) is 6. The first-order valence-electron chi connectivity index (χ1n) is 10.1. The maximum atomic E-state index is 12.8. The number of hydrogen-bond donors (Lipinski definition) is 6. The lowest BCUT2D eigenvalue weighted by Crippen LogP contribution is -2.58. The van der Waals surface area contributed by atoms with Gasteiger partial charge in [0.05, 0.1) is 12.6 Å². The van der Waals surface area contributed by atoms with E-state index in [1.807, 2.05) is 13.8 Å². The molecule has 0 aliphatic carbocycles. The van der Waals surface area contributed by atoms with Crippen molar-refractivity contribution in [2.75, 3.05) is 6.61 Å². The predicted molar refractivity (Wildman–Crippen MR) is 114 cm³/mol. The maximum Gasteiger partial charge on any atom is 0.326 e. The van der Waals surface area contributed by atoms with Crippen molar-refractivity contribution >= 4 is 23.7 Å². The number of carbonyl (C=O) groups is 4. The molecule has 0 heterocycles. The summed E-state index contributed by atoms with van der Waals surface area (Å²) in [6, 6.07) is 4.43. The molecule has 1 rings (SSSR count). The molecule has 0 saturated heterocycles. The number of aliphatic hydroxyl groups excluding tert-OH is 1. The van der Waals surface area contributed by atoms with Gasteiger partial charge in [0.15, 0.2) is 0 Å². The van der Waals surface area contributed by atoms with Crippen LogP contribution in [0.3, 0.4) is 0 Å². The third-order valence-electron chi connectivity index (χ3n) is 4.47. The summed E-state index contributed by atoms with van der Waals surface area (Å²) in [4.78, 5) is 48.7. The van der Waals surface area contributed by atoms with E-state index in [-0.39, 0.29) is 18.8 Å². The first kappa shape index (κ1) is 26.1. The Bertz CT molecular complexity index is 753. The van der Waals surface area contributed by atoms with Crippen LogP contribution >= 0.6 is 0 Å². The van der Waals surface area contributed by atoms with Crippen LogP contribution in [-0.4, -0.2) is 64.7 Å². The van der Waals surface area contributed by atoms with Crippen molar-refractivity contribution < 1.29 is 29.4 Å². The number of aliphatic carboxylic acids is 1. The number of rotatable bonds is 12. The van der Waals surface area contributed by atoms with Gasteiger partial charge in [-0.15, -0.1) is 0 Å². The summed E-state index contributed by atoms with van der Waals surface area (Å²) in [5.74, 6) is -3.27. The second-order valence-corrected chi connectivity index (χ2v) is 7.81. The molecule has 0 saturated carbocycles. The standard InChI is InChI=1S/C21H32N4O6/c1-12(2)9-15(23-20(29)17(11-26)25-18(27)13(3)22)19(28)24-16(21(30)31)10-14-7-5-4-6-8-14/h4-8,12-13,15-17,26H,9-11,22H2,1-3H3,(H,23,29)(H,24,28)(H,25,27)(H,30,31). The summed E-state index contributed by atoms with van der Waals surface area (Å²) in [7, 11) is 0. The molecule has 3 amide bonds. The summed E-state index contributed by atoms with van der Waals surface area (Å²) in [5.41, 5.74) is 6.19. The van der Waals surface area contributed by atoms with Crippen molar-refractivity contribution in [3.05, 3.63) is 35.9 Å². The van der Waals surface area contributed by atoms with Crippen molar-refractivity contribution in [3.8, 4) is 0 Å². The monoisotopic (exact) mass is 436 g/mol. The van der Waals surface area contributed by atoms with Crippen LogP contribution in [0, 0.1) is 5.92 Å². The van der Waals surface area contributed by atoms with E-state index in [0.29, 0.717) is 0 Å². The Morgan fingerprint density at radius 2 is 1.39 bits per heavy atom. The van der Waals surface area contributed by atoms with Crippen LogP contribution < -0.4 is 21.7 Å². The number of carboxylic acids is 1. The van der Waals surface area contributed by atoms with E-state index in [1.165, 1.54) is 6.92 Å². The number of aliphatic hydroxyl groups is 1. The molecule has 4 unspecified atom stereocenters. The van der Waals surface area contributed by atoms with Crippen molar-refractivity contribution in [2.45, 2.75) is 57.8 Å². The van der Waals surface area contributed by atoms with Crippen molar-refractivity contribution in [1.29, 1.82) is 0 Å². The fourth-order valence-electron chi connectivity index (χ4n) is 2.79. The molecule has 0 radical (unpaired) electrons. The maximum absolute atomic E-state index is 12.8. The van der Waals surface area contributed by atoms with Gasteiger partial charge in [-0.2, -0.15) is 0 Å². The topological polar surface area (TPSA) is 171 Å². The van der Waals surface area contributed by atoms with Crippen molar-refractivity contribution in [2.24, 2.45) is 11.7 Å². The zero-order chi connectivity index (χ0) is 23.6. The molecule has 0 bridgehead atoms. The van der Waals surface area contributed by atoms with Gasteiger partial charge in [-0.05, 0) is 24.8 Å². The van der Waals surface area contributed by atoms with Gasteiger partial charge in [0, 0.05) is 6.42 Å². The van der Waals surface area contributed by atoms with Gasteiger partial charge in [0.2, 0.25) is 17.7 Å². The fourth-order valence-corrected chi connectivity index (χ4v) is 2.79. The van der Waals surface area contributed by atoms with Gasteiger partial charge in [-0.25, -0.2) is 4.79 Å². The second kappa shape index (κ2) is 12.7. The molecular formula is C21H32N4O6. The number of carboxylic acid groups (broad SMARTS) is 1. The highest BCUT2D eigenvalue weighted by Crippen LogP contribution is 2.08. The lowest BCUT2D eigenvalue weighted by Gasteiger charge is -2.25. The van der Waals surface area contributed by atoms with E-state index in [0.717, 1.165) is 5.56 Å². The Hall–Kier alpha value is -2.98. The van der Waals surface area contributed by atoms with E-state index < -0.39 is 54.5 Å². The molecule has 1 aromatic rings. The highest BCUT2D eigenvalue weighted by Gasteiger charge is 2.30. The van der Waals surface area contributed by atoms with Gasteiger partial charge >= 0.3 is 5.97 Å². The van der Waals surface area contributed by atoms with Crippen LogP contribution in [0.4, 0.5) is 0 Å². The molecule has 31 heavy (non-hydrogen) atoms. The van der Waals surface area contributed by atoms with Crippen LogP contribution in [0.25, 0.3) is 0 Å². The quantitative estimate of drug-likeness (QED) is 0.248. The van der Waals surface area contributed by atoms with E-state index >= 15 is 0 Å². The Labute approximate surface area is 181 Å². The van der Waals surface area contributed by atoms with E-state index in [1.54, 1.807) is 30.3 Å². The van der Waals surface area contributed by atoms with E-state index in [9.17, 15) is 29.4 Å². The van der Waals surface area contributed by atoms with Gasteiger partial charge in [0.1, 0.15) is 18.1 Å². The van der Waals surface area contributed by atoms with Gasteiger partial charge in [0.25, 0.3) is 0 Å². The molecule has 0 aliphatic heterocycles. The minimum atomic E-state index is -1.29. The minimum Gasteiger partial charge on any atom is -0.480 e. The second-order valence-electron chi connectivity index (χ2n) is 7.81. The van der Waals surface area contributed by atoms with Crippen LogP contribution in [0.5, 0.6) is 0 Å². The summed E-state index contributed by atoms with van der Waals surface area (Å²) in [6.07, 6.45) is 0.308. The molecule has 10 heteroatoms. The number of carbonyl (C=O) groups excluding carboxylic acids is 3. The van der Waals surface area contributed by atoms with Crippen LogP contribution in [0.2, 0.25) is 0 Å². The smallest absolute Gasteiger partial charge is 0.326 e. The number of nitrogens with two attached hydrogens (primary N) is 1. The van der Waals surface area contributed by atoms with Gasteiger partial charge in [-0.1, -0.05) is 44.2 Å². The largest absolute Gasteiger partial charge is 0.480 e. The zero-order valence-corrected chi connectivity index (χ0v) is 18.0. The third-order valence-corrected chi connectivity index (χ3v) is 4.47. The molecule has 1 aromatic carbocycles. The minimum absolute atomic E-state index is 0.000293. The van der Waals surface area contributed by atoms with Crippen molar-refractivity contribution in [1.82, 2.24) is 16.0 Å². The first-order chi connectivity index (χ1) is 14.5. The average molecular weight is 437 g/mol. The third kappa shape index (κ3) is 9.14. The molecule has 0 aliphatic rings. The van der Waals surface area contributed by atoms with E-state index in [2.05, 4.69) is 16.0 Å². The Morgan fingerprint density at radius 1 is 0.871 bits per heavy atom. The fraction of sp³-hybridized carbons (Fsp3) is 0.524. The number of benzene rings is 1. The Kier molecular flexibility index (Phi) is 10.6. The molecule has 0 aromatic heterocycles. The molecular weight excluding hydrogens is 404 g/mol. The number of amides is 3. The van der Waals surface area contributed by atoms with Crippen LogP contribution in [-0.2, 0) is 25.6 Å². The lowest BCUT2D eigenvalue weighted by atomic mass is 10.0. The number of nitrogens with one attached hydrogen (secondary N) is 3. The highest BCUT2D eigenvalue weighted by molar-refractivity contribution is 5.94. The highest BCUT2D eigenvalue weighted by atomic mass is 16.4. The van der Waals surface area contributed by atoms with Gasteiger partial charge in [-0.3, -0.25) is 14.4 Å². The zero-order valence-electron chi connectivity index (χ0n) is 18.0. The SMILES string of the molecule is CC(C)CC(NC(=O)C(CO)NC(=O)C(C)N)C(=O)NC(Cc1ccccc1)C(=O)O. The normalized spacial score (nSPS) is 14.8. The molecule has 7 N–H and O–H groups in total.